The number of benzene rings is 1. The number of urea groups is 1. The molecule has 0 spiro atoms. The number of hydrogen-bond acceptors (Lipinski definition) is 2. The lowest BCUT2D eigenvalue weighted by Gasteiger charge is -2.26. The van der Waals surface area contributed by atoms with Crippen LogP contribution in [0.15, 0.2) is 30.3 Å². The first-order chi connectivity index (χ1) is 10.1. The number of amides is 2. The van der Waals surface area contributed by atoms with Crippen LogP contribution >= 0.6 is 11.6 Å². The third-order valence-corrected chi connectivity index (χ3v) is 3.54. The molecule has 0 unspecified atom stereocenters. The molecule has 1 aliphatic heterocycles. The van der Waals surface area contributed by atoms with Crippen LogP contribution < -0.4 is 5.32 Å². The average Bonchev–Trinajstić information content (AvgIpc) is 2.47. The molecule has 0 radical (unpaired) electrons. The molecule has 1 aliphatic rings. The van der Waals surface area contributed by atoms with Crippen LogP contribution in [0.4, 0.5) is 4.79 Å². The summed E-state index contributed by atoms with van der Waals surface area (Å²) in [7, 11) is 0. The van der Waals surface area contributed by atoms with Crippen molar-refractivity contribution in [2.24, 2.45) is 0 Å². The van der Waals surface area contributed by atoms with Crippen LogP contribution in [0, 0.1) is 0 Å². The third kappa shape index (κ3) is 4.49. The van der Waals surface area contributed by atoms with Crippen molar-refractivity contribution in [3.63, 3.8) is 0 Å². The number of carboxylic acids is 1. The molecule has 0 aromatic heterocycles. The van der Waals surface area contributed by atoms with Crippen molar-refractivity contribution in [3.05, 3.63) is 40.9 Å². The van der Waals surface area contributed by atoms with Gasteiger partial charge in [-0.05, 0) is 29.7 Å². The summed E-state index contributed by atoms with van der Waals surface area (Å²) in [5.74, 6) is -0.919. The molecule has 1 aromatic rings. The minimum atomic E-state index is -0.919. The van der Waals surface area contributed by atoms with Crippen molar-refractivity contribution < 1.29 is 14.7 Å². The molecule has 0 atom stereocenters. The van der Waals surface area contributed by atoms with Crippen LogP contribution in [0.25, 0.3) is 5.57 Å². The van der Waals surface area contributed by atoms with Crippen LogP contribution in [-0.4, -0.2) is 41.6 Å². The molecule has 0 fully saturated rings. The number of carboxylic acid groups (broad SMARTS) is 1. The standard InChI is InChI=1S/C15H17ClN2O3/c16-13-3-1-2-12(10-13)11-5-8-18(9-6-11)15(21)17-7-4-14(19)20/h1-3,5,10H,4,6-9H2,(H,17,21)(H,19,20). The van der Waals surface area contributed by atoms with E-state index in [1.807, 2.05) is 30.3 Å². The highest BCUT2D eigenvalue weighted by molar-refractivity contribution is 6.30. The van der Waals surface area contributed by atoms with Crippen molar-refractivity contribution in [1.29, 1.82) is 0 Å². The predicted octanol–water partition coefficient (Wildman–Crippen LogP) is 2.61. The summed E-state index contributed by atoms with van der Waals surface area (Å²) in [6.07, 6.45) is 2.70. The number of aliphatic carboxylic acids is 1. The van der Waals surface area contributed by atoms with Crippen molar-refractivity contribution in [2.75, 3.05) is 19.6 Å². The molecular formula is C15H17ClN2O3. The van der Waals surface area contributed by atoms with E-state index >= 15 is 0 Å². The van der Waals surface area contributed by atoms with E-state index in [2.05, 4.69) is 5.32 Å². The van der Waals surface area contributed by atoms with Gasteiger partial charge in [-0.1, -0.05) is 29.8 Å². The predicted molar refractivity (Wildman–Crippen MR) is 81.3 cm³/mol. The molecule has 0 saturated heterocycles. The van der Waals surface area contributed by atoms with Crippen LogP contribution in [0.3, 0.4) is 0 Å². The number of halogens is 1. The second-order valence-corrected chi connectivity index (χ2v) is 5.25. The highest BCUT2D eigenvalue weighted by Crippen LogP contribution is 2.24. The molecule has 2 amide bonds. The number of nitrogens with zero attached hydrogens (tertiary/aromatic N) is 1. The van der Waals surface area contributed by atoms with Crippen LogP contribution in [0.2, 0.25) is 5.02 Å². The fraction of sp³-hybridized carbons (Fsp3) is 0.333. The first-order valence-corrected chi connectivity index (χ1v) is 7.13. The summed E-state index contributed by atoms with van der Waals surface area (Å²) in [4.78, 5) is 23.9. The largest absolute Gasteiger partial charge is 0.481 e. The van der Waals surface area contributed by atoms with E-state index in [0.29, 0.717) is 18.1 Å². The Hall–Kier alpha value is -2.01. The summed E-state index contributed by atoms with van der Waals surface area (Å²) < 4.78 is 0. The Labute approximate surface area is 128 Å². The van der Waals surface area contributed by atoms with E-state index < -0.39 is 5.97 Å². The Morgan fingerprint density at radius 1 is 1.38 bits per heavy atom. The number of nitrogens with one attached hydrogen (secondary N) is 1. The second kappa shape index (κ2) is 7.13. The SMILES string of the molecule is O=C(O)CCNC(=O)N1CC=C(c2cccc(Cl)c2)CC1. The van der Waals surface area contributed by atoms with E-state index in [4.69, 9.17) is 16.7 Å². The fourth-order valence-electron chi connectivity index (χ4n) is 2.19. The molecule has 21 heavy (non-hydrogen) atoms. The van der Waals surface area contributed by atoms with Gasteiger partial charge < -0.3 is 15.3 Å². The molecule has 2 N–H and O–H groups in total. The van der Waals surface area contributed by atoms with E-state index in [9.17, 15) is 9.59 Å². The molecule has 2 rings (SSSR count). The number of carbonyl (C=O) groups is 2. The molecule has 1 aromatic carbocycles. The van der Waals surface area contributed by atoms with Gasteiger partial charge in [0.25, 0.3) is 0 Å². The molecule has 1 heterocycles. The topological polar surface area (TPSA) is 69.6 Å². The van der Waals surface area contributed by atoms with Crippen molar-refractivity contribution in [2.45, 2.75) is 12.8 Å². The minimum absolute atomic E-state index is 0.0663. The summed E-state index contributed by atoms with van der Waals surface area (Å²) in [5, 5.41) is 11.8. The monoisotopic (exact) mass is 308 g/mol. The zero-order valence-electron chi connectivity index (χ0n) is 11.5. The van der Waals surface area contributed by atoms with E-state index in [-0.39, 0.29) is 19.0 Å². The maximum absolute atomic E-state index is 11.8. The maximum atomic E-state index is 11.8. The molecule has 0 bridgehead atoms. The molecule has 0 aliphatic carbocycles. The Kier molecular flexibility index (Phi) is 5.22. The van der Waals surface area contributed by atoms with Crippen molar-refractivity contribution in [3.8, 4) is 0 Å². The van der Waals surface area contributed by atoms with Gasteiger partial charge in [-0.2, -0.15) is 0 Å². The first-order valence-electron chi connectivity index (χ1n) is 6.76. The first kappa shape index (κ1) is 15.4. The van der Waals surface area contributed by atoms with Gasteiger partial charge in [0.15, 0.2) is 0 Å². The Morgan fingerprint density at radius 3 is 2.81 bits per heavy atom. The molecular weight excluding hydrogens is 292 g/mol. The molecule has 5 nitrogen and oxygen atoms in total. The van der Waals surface area contributed by atoms with Gasteiger partial charge in [-0.15, -0.1) is 0 Å². The molecule has 0 saturated carbocycles. The van der Waals surface area contributed by atoms with E-state index in [0.717, 1.165) is 12.0 Å². The third-order valence-electron chi connectivity index (χ3n) is 3.31. The summed E-state index contributed by atoms with van der Waals surface area (Å²) >= 11 is 5.98. The lowest BCUT2D eigenvalue weighted by atomic mass is 10.00. The maximum Gasteiger partial charge on any atom is 0.317 e. The second-order valence-electron chi connectivity index (χ2n) is 4.81. The van der Waals surface area contributed by atoms with Gasteiger partial charge in [-0.25, -0.2) is 4.79 Å². The number of carbonyl (C=O) groups excluding carboxylic acids is 1. The van der Waals surface area contributed by atoms with E-state index in [1.165, 1.54) is 5.57 Å². The smallest absolute Gasteiger partial charge is 0.317 e. The van der Waals surface area contributed by atoms with Crippen LogP contribution in [0.1, 0.15) is 18.4 Å². The lowest BCUT2D eigenvalue weighted by molar-refractivity contribution is -0.136. The minimum Gasteiger partial charge on any atom is -0.481 e. The normalized spacial score (nSPS) is 14.5. The summed E-state index contributed by atoms with van der Waals surface area (Å²) in [6, 6.07) is 7.42. The zero-order valence-corrected chi connectivity index (χ0v) is 12.3. The van der Waals surface area contributed by atoms with Crippen LogP contribution in [-0.2, 0) is 4.79 Å². The summed E-state index contributed by atoms with van der Waals surface area (Å²) in [6.45, 7) is 1.27. The highest BCUT2D eigenvalue weighted by atomic mass is 35.5. The Bertz CT molecular complexity index is 572. The highest BCUT2D eigenvalue weighted by Gasteiger charge is 2.17. The molecule has 6 heteroatoms. The average molecular weight is 309 g/mol. The fourth-order valence-corrected chi connectivity index (χ4v) is 2.38. The Balaban J connectivity index is 1.89. The van der Waals surface area contributed by atoms with Crippen LogP contribution in [0.5, 0.6) is 0 Å². The number of rotatable bonds is 4. The van der Waals surface area contributed by atoms with Gasteiger partial charge >= 0.3 is 12.0 Å². The van der Waals surface area contributed by atoms with Gasteiger partial charge in [0.2, 0.25) is 0 Å². The van der Waals surface area contributed by atoms with Crippen molar-refractivity contribution >= 4 is 29.2 Å². The lowest BCUT2D eigenvalue weighted by Crippen LogP contribution is -2.42. The van der Waals surface area contributed by atoms with Gasteiger partial charge in [-0.3, -0.25) is 4.79 Å². The number of hydrogen-bond donors (Lipinski definition) is 2. The zero-order chi connectivity index (χ0) is 15.2. The van der Waals surface area contributed by atoms with E-state index in [1.54, 1.807) is 4.90 Å². The molecule has 112 valence electrons. The van der Waals surface area contributed by atoms with Gasteiger partial charge in [0, 0.05) is 24.7 Å². The van der Waals surface area contributed by atoms with Gasteiger partial charge in [0.05, 0.1) is 6.42 Å². The quantitative estimate of drug-likeness (QED) is 0.898. The summed E-state index contributed by atoms with van der Waals surface area (Å²) in [5.41, 5.74) is 2.25. The van der Waals surface area contributed by atoms with Crippen molar-refractivity contribution in [1.82, 2.24) is 10.2 Å². The Morgan fingerprint density at radius 2 is 2.19 bits per heavy atom. The van der Waals surface area contributed by atoms with Gasteiger partial charge in [0.1, 0.15) is 0 Å².